The lowest BCUT2D eigenvalue weighted by Crippen LogP contribution is -2.53. The molecule has 0 N–H and O–H groups in total. The second-order valence-electron chi connectivity index (χ2n) is 8.94. The molecule has 4 heterocycles. The molecule has 38 heavy (non-hydrogen) atoms. The van der Waals surface area contributed by atoms with E-state index in [-0.39, 0.29) is 34.0 Å². The van der Waals surface area contributed by atoms with Gasteiger partial charge in [-0.3, -0.25) is 19.3 Å². The van der Waals surface area contributed by atoms with Gasteiger partial charge in [-0.25, -0.2) is 9.37 Å². The van der Waals surface area contributed by atoms with Crippen LogP contribution in [0, 0.1) is 5.82 Å². The Morgan fingerprint density at radius 3 is 2.61 bits per heavy atom. The zero-order chi connectivity index (χ0) is 26.2. The van der Waals surface area contributed by atoms with Crippen LogP contribution in [0.3, 0.4) is 0 Å². The lowest BCUT2D eigenvalue weighted by molar-refractivity contribution is -0.121. The minimum absolute atomic E-state index is 0.0475. The molecule has 0 aliphatic carbocycles. The summed E-state index contributed by atoms with van der Waals surface area (Å²) in [7, 11) is 0. The largest absolute Gasteiger partial charge is 0.450 e. The highest BCUT2D eigenvalue weighted by atomic mass is 35.5. The summed E-state index contributed by atoms with van der Waals surface area (Å²) in [6.45, 7) is 0.0973. The fourth-order valence-corrected chi connectivity index (χ4v) is 6.30. The molecule has 2 aromatic heterocycles. The number of nitrogens with zero attached hydrogens (tertiary/aromatic N) is 3. The average molecular weight is 544 g/mol. The maximum atomic E-state index is 14.7. The highest BCUT2D eigenvalue weighted by Crippen LogP contribution is 2.54. The van der Waals surface area contributed by atoms with E-state index in [1.54, 1.807) is 47.8 Å². The third-order valence-corrected chi connectivity index (χ3v) is 8.11. The van der Waals surface area contributed by atoms with Crippen molar-refractivity contribution in [2.75, 3.05) is 9.80 Å². The summed E-state index contributed by atoms with van der Waals surface area (Å²) in [5.74, 6) is -2.13. The van der Waals surface area contributed by atoms with Crippen molar-refractivity contribution in [3.05, 3.63) is 122 Å². The van der Waals surface area contributed by atoms with Crippen molar-refractivity contribution in [2.45, 2.75) is 12.1 Å². The number of para-hydroxylation sites is 1. The molecule has 5 aromatic rings. The molecule has 7 nitrogen and oxygen atoms in total. The van der Waals surface area contributed by atoms with E-state index in [9.17, 15) is 18.8 Å². The smallest absolute Gasteiger partial charge is 0.297 e. The number of amides is 2. The highest BCUT2D eigenvalue weighted by Gasteiger charge is 2.66. The van der Waals surface area contributed by atoms with E-state index in [4.69, 9.17) is 16.0 Å². The SMILES string of the molecule is O=C1c2oc3ccc(F)cc3c(=O)c2C2(C(=O)N(Cc3ccccc3Cl)c3ccccc32)N1c1nccs1. The van der Waals surface area contributed by atoms with Crippen LogP contribution < -0.4 is 15.2 Å². The van der Waals surface area contributed by atoms with E-state index >= 15 is 0 Å². The molecular formula is C28H15ClFN3O4S. The van der Waals surface area contributed by atoms with Crippen molar-refractivity contribution in [1.29, 1.82) is 0 Å². The molecule has 0 bridgehead atoms. The quantitative estimate of drug-likeness (QED) is 0.300. The molecule has 2 amide bonds. The minimum Gasteiger partial charge on any atom is -0.450 e. The number of hydrogen-bond acceptors (Lipinski definition) is 6. The second kappa shape index (κ2) is 8.08. The zero-order valence-electron chi connectivity index (χ0n) is 19.4. The van der Waals surface area contributed by atoms with Crippen molar-refractivity contribution in [2.24, 2.45) is 0 Å². The second-order valence-corrected chi connectivity index (χ2v) is 10.2. The number of carbonyl (C=O) groups is 2. The molecule has 0 saturated heterocycles. The molecule has 1 atom stereocenters. The van der Waals surface area contributed by atoms with E-state index in [1.807, 2.05) is 6.07 Å². The number of aromatic nitrogens is 1. The van der Waals surface area contributed by atoms with Gasteiger partial charge in [0.25, 0.3) is 11.8 Å². The van der Waals surface area contributed by atoms with Gasteiger partial charge in [0, 0.05) is 22.2 Å². The predicted octanol–water partition coefficient (Wildman–Crippen LogP) is 5.49. The predicted molar refractivity (Wildman–Crippen MR) is 141 cm³/mol. The van der Waals surface area contributed by atoms with E-state index in [2.05, 4.69) is 4.98 Å². The van der Waals surface area contributed by atoms with Crippen LogP contribution in [0.4, 0.5) is 15.2 Å². The first-order chi connectivity index (χ1) is 18.4. The fraction of sp³-hybridized carbons (Fsp3) is 0.0714. The van der Waals surface area contributed by atoms with Gasteiger partial charge in [-0.15, -0.1) is 11.3 Å². The summed E-state index contributed by atoms with van der Waals surface area (Å²) >= 11 is 7.59. The number of halogens is 2. The van der Waals surface area contributed by atoms with Crippen LogP contribution in [0.2, 0.25) is 5.02 Å². The maximum Gasteiger partial charge on any atom is 0.297 e. The molecule has 1 unspecified atom stereocenters. The van der Waals surface area contributed by atoms with Gasteiger partial charge in [-0.05, 0) is 35.9 Å². The molecule has 3 aromatic carbocycles. The molecule has 0 fully saturated rings. The molecular weight excluding hydrogens is 529 g/mol. The Bertz CT molecular complexity index is 1870. The van der Waals surface area contributed by atoms with E-state index in [0.29, 0.717) is 21.8 Å². The van der Waals surface area contributed by atoms with Crippen molar-refractivity contribution in [1.82, 2.24) is 4.98 Å². The zero-order valence-corrected chi connectivity index (χ0v) is 20.9. The van der Waals surface area contributed by atoms with E-state index in [1.165, 1.54) is 22.1 Å². The molecule has 7 rings (SSSR count). The molecule has 1 spiro atoms. The van der Waals surface area contributed by atoms with Crippen molar-refractivity contribution < 1.29 is 18.4 Å². The van der Waals surface area contributed by atoms with Crippen molar-refractivity contribution in [3.63, 3.8) is 0 Å². The first-order valence-electron chi connectivity index (χ1n) is 11.6. The summed E-state index contributed by atoms with van der Waals surface area (Å²) in [6.07, 6.45) is 1.51. The van der Waals surface area contributed by atoms with Crippen LogP contribution in [0.25, 0.3) is 11.0 Å². The Hall–Kier alpha value is -4.34. The summed E-state index contributed by atoms with van der Waals surface area (Å²) in [6, 6.07) is 17.6. The van der Waals surface area contributed by atoms with Gasteiger partial charge < -0.3 is 9.32 Å². The first-order valence-corrected chi connectivity index (χ1v) is 12.8. The number of hydrogen-bond donors (Lipinski definition) is 0. The monoisotopic (exact) mass is 543 g/mol. The number of carbonyl (C=O) groups excluding carboxylic acids is 2. The number of rotatable bonds is 3. The van der Waals surface area contributed by atoms with Crippen molar-refractivity contribution in [3.8, 4) is 0 Å². The van der Waals surface area contributed by atoms with E-state index < -0.39 is 28.6 Å². The Kier molecular flexibility index (Phi) is 4.85. The number of anilines is 2. The van der Waals surface area contributed by atoms with Gasteiger partial charge in [0.2, 0.25) is 5.76 Å². The Labute approximate surface area is 223 Å². The van der Waals surface area contributed by atoms with Crippen LogP contribution in [0.1, 0.15) is 27.2 Å². The van der Waals surface area contributed by atoms with Crippen LogP contribution >= 0.6 is 22.9 Å². The molecule has 2 aliphatic heterocycles. The topological polar surface area (TPSA) is 83.7 Å². The van der Waals surface area contributed by atoms with Gasteiger partial charge in [-0.2, -0.15) is 0 Å². The lowest BCUT2D eigenvalue weighted by atomic mass is 9.84. The standard InChI is InChI=1S/C28H15ClFN3O4S/c29-19-7-3-1-5-15(19)14-32-20-8-4-2-6-18(20)28(26(32)36)22-23(34)17-13-16(30)9-10-21(17)37-24(22)25(35)33(28)27-31-11-12-38-27/h1-13H,14H2. The van der Waals surface area contributed by atoms with Gasteiger partial charge in [0.05, 0.1) is 23.2 Å². The minimum atomic E-state index is -1.90. The van der Waals surface area contributed by atoms with Crippen LogP contribution in [-0.4, -0.2) is 16.8 Å². The van der Waals surface area contributed by atoms with Gasteiger partial charge >= 0.3 is 0 Å². The van der Waals surface area contributed by atoms with Gasteiger partial charge in [0.15, 0.2) is 16.1 Å². The first kappa shape index (κ1) is 22.8. The summed E-state index contributed by atoms with van der Waals surface area (Å²) in [4.78, 5) is 49.8. The Morgan fingerprint density at radius 2 is 1.82 bits per heavy atom. The number of thiazole rings is 1. The van der Waals surface area contributed by atoms with Gasteiger partial charge in [-0.1, -0.05) is 48.0 Å². The van der Waals surface area contributed by atoms with Gasteiger partial charge in [0.1, 0.15) is 11.4 Å². The average Bonchev–Trinajstić information content (AvgIpc) is 3.59. The molecule has 0 radical (unpaired) electrons. The van der Waals surface area contributed by atoms with E-state index in [0.717, 1.165) is 23.5 Å². The molecule has 0 saturated carbocycles. The fourth-order valence-electron chi connectivity index (χ4n) is 5.42. The Morgan fingerprint density at radius 1 is 1.03 bits per heavy atom. The third kappa shape index (κ3) is 2.88. The molecule has 2 aliphatic rings. The lowest BCUT2D eigenvalue weighted by Gasteiger charge is -2.32. The third-order valence-electron chi connectivity index (χ3n) is 6.98. The highest BCUT2D eigenvalue weighted by molar-refractivity contribution is 7.13. The summed E-state index contributed by atoms with van der Waals surface area (Å²) in [5.41, 5.74) is -1.05. The maximum absolute atomic E-state index is 14.7. The normalized spacial score (nSPS) is 18.1. The molecule has 186 valence electrons. The number of benzene rings is 3. The van der Waals surface area contributed by atoms with Crippen molar-refractivity contribution >= 4 is 56.5 Å². The van der Waals surface area contributed by atoms with Crippen LogP contribution in [0.15, 0.2) is 87.5 Å². The summed E-state index contributed by atoms with van der Waals surface area (Å²) in [5, 5.41) is 2.30. The van der Waals surface area contributed by atoms with Crippen LogP contribution in [0.5, 0.6) is 0 Å². The Balaban J connectivity index is 1.57. The summed E-state index contributed by atoms with van der Waals surface area (Å²) < 4.78 is 20.1. The number of fused-ring (bicyclic) bond motifs is 5. The van der Waals surface area contributed by atoms with Crippen LogP contribution in [-0.2, 0) is 16.9 Å². The molecule has 10 heteroatoms.